The number of benzene rings is 1. The van der Waals surface area contributed by atoms with E-state index in [1.807, 2.05) is 29.2 Å². The third kappa shape index (κ3) is 4.36. The van der Waals surface area contributed by atoms with Crippen LogP contribution in [0.2, 0.25) is 0 Å². The van der Waals surface area contributed by atoms with E-state index in [0.29, 0.717) is 37.1 Å². The predicted octanol–water partition coefficient (Wildman–Crippen LogP) is 2.17. The van der Waals surface area contributed by atoms with Crippen molar-refractivity contribution in [3.63, 3.8) is 0 Å². The van der Waals surface area contributed by atoms with Gasteiger partial charge in [0.05, 0.1) is 20.1 Å². The molecule has 1 unspecified atom stereocenters. The summed E-state index contributed by atoms with van der Waals surface area (Å²) < 4.78 is 15.5. The van der Waals surface area contributed by atoms with Crippen LogP contribution in [0.1, 0.15) is 18.7 Å². The number of hydrogen-bond acceptors (Lipinski definition) is 6. The Morgan fingerprint density at radius 1 is 1.32 bits per heavy atom. The molecule has 1 atom stereocenters. The van der Waals surface area contributed by atoms with Gasteiger partial charge in [-0.25, -0.2) is 0 Å². The Morgan fingerprint density at radius 3 is 2.84 bits per heavy atom. The third-order valence-electron chi connectivity index (χ3n) is 4.43. The van der Waals surface area contributed by atoms with Gasteiger partial charge in [0.1, 0.15) is 5.75 Å². The lowest BCUT2D eigenvalue weighted by atomic mass is 10.1. The maximum atomic E-state index is 12.0. The molecule has 1 saturated heterocycles. The zero-order valence-corrected chi connectivity index (χ0v) is 14.6. The van der Waals surface area contributed by atoms with E-state index in [1.54, 1.807) is 14.2 Å². The quantitative estimate of drug-likeness (QED) is 0.765. The van der Waals surface area contributed by atoms with Gasteiger partial charge in [-0.1, -0.05) is 5.16 Å². The molecule has 134 valence electrons. The molecule has 0 spiro atoms. The van der Waals surface area contributed by atoms with Gasteiger partial charge in [-0.2, -0.15) is 4.98 Å². The molecular weight excluding hydrogens is 322 g/mol. The van der Waals surface area contributed by atoms with Gasteiger partial charge in [-0.3, -0.25) is 4.79 Å². The average molecular weight is 345 g/mol. The average Bonchev–Trinajstić information content (AvgIpc) is 3.30. The minimum absolute atomic E-state index is 0.149. The zero-order chi connectivity index (χ0) is 17.6. The molecule has 1 aliphatic rings. The number of ether oxygens (including phenoxy) is 2. The smallest absolute Gasteiger partial charge is 0.257 e. The SMILES string of the molecule is COCCC(=O)N1CCC(Cc2noc(-c3ccc(OC)cc3)n2)C1. The zero-order valence-electron chi connectivity index (χ0n) is 14.6. The molecule has 1 aliphatic heterocycles. The fraction of sp³-hybridized carbons (Fsp3) is 0.500. The van der Waals surface area contributed by atoms with Gasteiger partial charge in [-0.15, -0.1) is 0 Å². The molecule has 1 aromatic carbocycles. The minimum atomic E-state index is 0.149. The summed E-state index contributed by atoms with van der Waals surface area (Å²) in [6.45, 7) is 2.00. The monoisotopic (exact) mass is 345 g/mol. The summed E-state index contributed by atoms with van der Waals surface area (Å²) in [5.41, 5.74) is 0.863. The summed E-state index contributed by atoms with van der Waals surface area (Å²) in [5, 5.41) is 4.08. The molecule has 1 aromatic heterocycles. The molecule has 0 radical (unpaired) electrons. The number of amides is 1. The van der Waals surface area contributed by atoms with Crippen molar-refractivity contribution < 1.29 is 18.8 Å². The van der Waals surface area contributed by atoms with E-state index in [9.17, 15) is 4.79 Å². The van der Waals surface area contributed by atoms with E-state index in [2.05, 4.69) is 10.1 Å². The van der Waals surface area contributed by atoms with Crippen LogP contribution in [0.5, 0.6) is 5.75 Å². The van der Waals surface area contributed by atoms with Gasteiger partial charge in [0.15, 0.2) is 5.82 Å². The molecule has 1 amide bonds. The fourth-order valence-electron chi connectivity index (χ4n) is 3.02. The first kappa shape index (κ1) is 17.4. The molecular formula is C18H23N3O4. The highest BCUT2D eigenvalue weighted by molar-refractivity contribution is 5.76. The van der Waals surface area contributed by atoms with Crippen LogP contribution >= 0.6 is 0 Å². The molecule has 3 rings (SSSR count). The molecule has 2 aromatic rings. The lowest BCUT2D eigenvalue weighted by Crippen LogP contribution is -2.29. The molecule has 0 saturated carbocycles. The number of likely N-dealkylation sites (tertiary alicyclic amines) is 1. The van der Waals surface area contributed by atoms with E-state index < -0.39 is 0 Å². The first-order valence-corrected chi connectivity index (χ1v) is 8.43. The molecule has 2 heterocycles. The van der Waals surface area contributed by atoms with E-state index in [4.69, 9.17) is 14.0 Å². The van der Waals surface area contributed by atoms with Crippen molar-refractivity contribution in [2.75, 3.05) is 33.9 Å². The van der Waals surface area contributed by atoms with Gasteiger partial charge in [-0.05, 0) is 36.6 Å². The number of carbonyl (C=O) groups excluding carboxylic acids is 1. The first-order chi connectivity index (χ1) is 12.2. The Balaban J connectivity index is 1.56. The van der Waals surface area contributed by atoms with Gasteiger partial charge < -0.3 is 18.9 Å². The second kappa shape index (κ2) is 8.11. The van der Waals surface area contributed by atoms with Crippen LogP contribution in [0.25, 0.3) is 11.5 Å². The largest absolute Gasteiger partial charge is 0.497 e. The second-order valence-corrected chi connectivity index (χ2v) is 6.19. The van der Waals surface area contributed by atoms with Crippen LogP contribution < -0.4 is 4.74 Å². The predicted molar refractivity (Wildman–Crippen MR) is 91.2 cm³/mol. The Labute approximate surface area is 146 Å². The normalized spacial score (nSPS) is 17.0. The summed E-state index contributed by atoms with van der Waals surface area (Å²) in [6.07, 6.45) is 2.12. The number of rotatable bonds is 7. The van der Waals surface area contributed by atoms with Crippen molar-refractivity contribution in [2.45, 2.75) is 19.3 Å². The van der Waals surface area contributed by atoms with Gasteiger partial charge in [0.25, 0.3) is 5.89 Å². The van der Waals surface area contributed by atoms with Crippen LogP contribution in [-0.4, -0.2) is 54.9 Å². The van der Waals surface area contributed by atoms with E-state index in [1.165, 1.54) is 0 Å². The number of carbonyl (C=O) groups is 1. The number of aromatic nitrogens is 2. The topological polar surface area (TPSA) is 77.7 Å². The molecule has 25 heavy (non-hydrogen) atoms. The van der Waals surface area contributed by atoms with Crippen LogP contribution in [0.15, 0.2) is 28.8 Å². The third-order valence-corrected chi connectivity index (χ3v) is 4.43. The van der Waals surface area contributed by atoms with Crippen molar-refractivity contribution in [3.05, 3.63) is 30.1 Å². The molecule has 0 aliphatic carbocycles. The maximum Gasteiger partial charge on any atom is 0.257 e. The van der Waals surface area contributed by atoms with Crippen molar-refractivity contribution in [1.29, 1.82) is 0 Å². The van der Waals surface area contributed by atoms with Crippen LogP contribution in [0, 0.1) is 5.92 Å². The summed E-state index contributed by atoms with van der Waals surface area (Å²) in [6, 6.07) is 7.50. The molecule has 1 fully saturated rings. The Morgan fingerprint density at radius 2 is 2.12 bits per heavy atom. The molecule has 7 nitrogen and oxygen atoms in total. The van der Waals surface area contributed by atoms with Gasteiger partial charge in [0.2, 0.25) is 5.91 Å². The van der Waals surface area contributed by atoms with Crippen LogP contribution in [-0.2, 0) is 16.0 Å². The maximum absolute atomic E-state index is 12.0. The number of nitrogens with zero attached hydrogens (tertiary/aromatic N) is 3. The summed E-state index contributed by atoms with van der Waals surface area (Å²) in [7, 11) is 3.24. The highest BCUT2D eigenvalue weighted by atomic mass is 16.5. The van der Waals surface area contributed by atoms with Crippen molar-refractivity contribution >= 4 is 5.91 Å². The lowest BCUT2D eigenvalue weighted by Gasteiger charge is -2.15. The Bertz CT molecular complexity index is 699. The van der Waals surface area contributed by atoms with E-state index in [0.717, 1.165) is 30.8 Å². The molecule has 0 bridgehead atoms. The number of hydrogen-bond donors (Lipinski definition) is 0. The van der Waals surface area contributed by atoms with E-state index in [-0.39, 0.29) is 5.91 Å². The van der Waals surface area contributed by atoms with Crippen LogP contribution in [0.4, 0.5) is 0 Å². The van der Waals surface area contributed by atoms with Crippen molar-refractivity contribution in [1.82, 2.24) is 15.0 Å². The highest BCUT2D eigenvalue weighted by Gasteiger charge is 2.27. The van der Waals surface area contributed by atoms with Gasteiger partial charge in [0, 0.05) is 32.2 Å². The Kier molecular flexibility index (Phi) is 5.65. The first-order valence-electron chi connectivity index (χ1n) is 8.43. The highest BCUT2D eigenvalue weighted by Crippen LogP contribution is 2.24. The summed E-state index contributed by atoms with van der Waals surface area (Å²) >= 11 is 0. The summed E-state index contributed by atoms with van der Waals surface area (Å²) in [4.78, 5) is 18.4. The van der Waals surface area contributed by atoms with Crippen molar-refractivity contribution in [3.8, 4) is 17.2 Å². The standard InChI is InChI=1S/C18H23N3O4/c1-23-10-8-17(22)21-9-7-13(12-21)11-16-19-18(25-20-16)14-3-5-15(24-2)6-4-14/h3-6,13H,7-12H2,1-2H3. The molecule has 7 heteroatoms. The lowest BCUT2D eigenvalue weighted by molar-refractivity contribution is -0.131. The Hall–Kier alpha value is -2.41. The van der Waals surface area contributed by atoms with E-state index >= 15 is 0 Å². The molecule has 0 N–H and O–H groups in total. The van der Waals surface area contributed by atoms with Crippen LogP contribution in [0.3, 0.4) is 0 Å². The number of methoxy groups -OCH3 is 2. The summed E-state index contributed by atoms with van der Waals surface area (Å²) in [5.74, 6) is 2.49. The minimum Gasteiger partial charge on any atom is -0.497 e. The fourth-order valence-corrected chi connectivity index (χ4v) is 3.02. The second-order valence-electron chi connectivity index (χ2n) is 6.19. The van der Waals surface area contributed by atoms with Gasteiger partial charge >= 0.3 is 0 Å². The van der Waals surface area contributed by atoms with Crippen molar-refractivity contribution in [2.24, 2.45) is 5.92 Å².